The van der Waals surface area contributed by atoms with Crippen LogP contribution in [0.5, 0.6) is 0 Å². The van der Waals surface area contributed by atoms with E-state index in [-0.39, 0.29) is 30.3 Å². The van der Waals surface area contributed by atoms with Crippen LogP contribution in [0.15, 0.2) is 0 Å². The molecule has 2 fully saturated rings. The van der Waals surface area contributed by atoms with Gasteiger partial charge in [-0.3, -0.25) is 9.69 Å². The lowest BCUT2D eigenvalue weighted by atomic mass is 9.86. The van der Waals surface area contributed by atoms with E-state index in [4.69, 9.17) is 5.11 Å². The van der Waals surface area contributed by atoms with Crippen LogP contribution in [-0.2, 0) is 14.8 Å². The van der Waals surface area contributed by atoms with Gasteiger partial charge in [0.15, 0.2) is 0 Å². The van der Waals surface area contributed by atoms with Gasteiger partial charge in [-0.05, 0) is 37.5 Å². The first kappa shape index (κ1) is 18.7. The van der Waals surface area contributed by atoms with Crippen molar-refractivity contribution in [3.63, 3.8) is 0 Å². The minimum Gasteiger partial charge on any atom is -0.480 e. The first-order chi connectivity index (χ1) is 10.8. The van der Waals surface area contributed by atoms with Crippen LogP contribution in [0.4, 0.5) is 0 Å². The molecule has 0 atom stereocenters. The summed E-state index contributed by atoms with van der Waals surface area (Å²) in [7, 11) is -3.23. The first-order valence-electron chi connectivity index (χ1n) is 8.78. The Morgan fingerprint density at radius 3 is 2.35 bits per heavy atom. The van der Waals surface area contributed by atoms with Gasteiger partial charge in [0.1, 0.15) is 0 Å². The SMILES string of the molecule is CCC(CC)CS(=O)(=O)NC1CC(N(CC(=O)O)CC2CC2)C1. The third-order valence-corrected chi connectivity index (χ3v) is 6.72. The van der Waals surface area contributed by atoms with E-state index in [1.54, 1.807) is 0 Å². The first-order valence-corrected chi connectivity index (χ1v) is 10.4. The number of nitrogens with one attached hydrogen (secondary N) is 1. The molecule has 23 heavy (non-hydrogen) atoms. The summed E-state index contributed by atoms with van der Waals surface area (Å²) in [6, 6.07) is 0.169. The summed E-state index contributed by atoms with van der Waals surface area (Å²) in [6.45, 7) is 4.94. The van der Waals surface area contributed by atoms with Gasteiger partial charge in [-0.15, -0.1) is 0 Å². The molecule has 0 amide bonds. The number of carbonyl (C=O) groups is 1. The van der Waals surface area contributed by atoms with Gasteiger partial charge in [-0.1, -0.05) is 26.7 Å². The molecule has 2 rings (SSSR count). The van der Waals surface area contributed by atoms with Crippen LogP contribution >= 0.6 is 0 Å². The molecule has 0 heterocycles. The summed E-state index contributed by atoms with van der Waals surface area (Å²) in [6.07, 6.45) is 5.57. The summed E-state index contributed by atoms with van der Waals surface area (Å²) in [5.74, 6) is 0.243. The number of carboxylic acids is 1. The van der Waals surface area contributed by atoms with Gasteiger partial charge < -0.3 is 5.11 Å². The van der Waals surface area contributed by atoms with E-state index in [0.717, 1.165) is 32.2 Å². The average Bonchev–Trinajstić information content (AvgIpc) is 3.22. The Hall–Kier alpha value is -0.660. The molecule has 2 N–H and O–H groups in total. The van der Waals surface area contributed by atoms with Crippen molar-refractivity contribution in [2.75, 3.05) is 18.8 Å². The fourth-order valence-corrected chi connectivity index (χ4v) is 5.16. The van der Waals surface area contributed by atoms with Crippen molar-refractivity contribution in [3.05, 3.63) is 0 Å². The predicted molar refractivity (Wildman–Crippen MR) is 89.7 cm³/mol. The van der Waals surface area contributed by atoms with E-state index in [1.165, 1.54) is 12.8 Å². The standard InChI is InChI=1S/C16H30N2O4S/c1-3-12(4-2)11-23(21,22)17-14-7-15(8-14)18(10-16(19)20)9-13-5-6-13/h12-15,17H,3-11H2,1-2H3,(H,19,20). The van der Waals surface area contributed by atoms with Crippen LogP contribution in [0.25, 0.3) is 0 Å². The number of sulfonamides is 1. The van der Waals surface area contributed by atoms with Crippen LogP contribution < -0.4 is 4.72 Å². The Balaban J connectivity index is 1.78. The van der Waals surface area contributed by atoms with Crippen molar-refractivity contribution in [3.8, 4) is 0 Å². The molecule has 6 nitrogen and oxygen atoms in total. The highest BCUT2D eigenvalue weighted by molar-refractivity contribution is 7.89. The zero-order valence-electron chi connectivity index (χ0n) is 14.2. The fourth-order valence-electron chi connectivity index (χ4n) is 3.27. The van der Waals surface area contributed by atoms with Gasteiger partial charge in [-0.25, -0.2) is 13.1 Å². The van der Waals surface area contributed by atoms with Crippen molar-refractivity contribution in [1.29, 1.82) is 0 Å². The molecule has 0 radical (unpaired) electrons. The van der Waals surface area contributed by atoms with Gasteiger partial charge in [0.25, 0.3) is 0 Å². The van der Waals surface area contributed by atoms with Gasteiger partial charge >= 0.3 is 5.97 Å². The smallest absolute Gasteiger partial charge is 0.317 e. The predicted octanol–water partition coefficient (Wildman–Crippen LogP) is 1.67. The molecule has 134 valence electrons. The van der Waals surface area contributed by atoms with Crippen LogP contribution in [0.2, 0.25) is 0 Å². The highest BCUT2D eigenvalue weighted by atomic mass is 32.2. The number of carboxylic acid groups (broad SMARTS) is 1. The van der Waals surface area contributed by atoms with Crippen molar-refractivity contribution in [1.82, 2.24) is 9.62 Å². The fraction of sp³-hybridized carbons (Fsp3) is 0.938. The summed E-state index contributed by atoms with van der Waals surface area (Å²) in [4.78, 5) is 13.0. The van der Waals surface area contributed by atoms with Gasteiger partial charge in [0.2, 0.25) is 10.0 Å². The third-order valence-electron chi connectivity index (χ3n) is 5.11. The maximum absolute atomic E-state index is 12.2. The van der Waals surface area contributed by atoms with Crippen LogP contribution in [-0.4, -0.2) is 55.3 Å². The molecular formula is C16H30N2O4S. The second-order valence-electron chi connectivity index (χ2n) is 7.17. The molecule has 7 heteroatoms. The zero-order valence-corrected chi connectivity index (χ0v) is 15.0. The van der Waals surface area contributed by atoms with E-state index in [1.807, 2.05) is 18.7 Å². The Bertz CT molecular complexity index is 494. The lowest BCUT2D eigenvalue weighted by Gasteiger charge is -2.42. The normalized spacial score (nSPS) is 24.9. The lowest BCUT2D eigenvalue weighted by molar-refractivity contribution is -0.139. The van der Waals surface area contributed by atoms with E-state index < -0.39 is 16.0 Å². The highest BCUT2D eigenvalue weighted by Gasteiger charge is 2.38. The molecule has 0 aliphatic heterocycles. The maximum atomic E-state index is 12.2. The van der Waals surface area contributed by atoms with Crippen molar-refractivity contribution < 1.29 is 18.3 Å². The molecule has 0 saturated heterocycles. The van der Waals surface area contributed by atoms with E-state index in [9.17, 15) is 13.2 Å². The molecular weight excluding hydrogens is 316 g/mol. The second kappa shape index (κ2) is 7.94. The Morgan fingerprint density at radius 1 is 1.26 bits per heavy atom. The van der Waals surface area contributed by atoms with Crippen LogP contribution in [0.3, 0.4) is 0 Å². The Kier molecular flexibility index (Phi) is 6.45. The molecule has 2 aliphatic rings. The Labute approximate surface area is 139 Å². The lowest BCUT2D eigenvalue weighted by Crippen LogP contribution is -2.55. The monoisotopic (exact) mass is 346 g/mol. The quantitative estimate of drug-likeness (QED) is 0.594. The number of rotatable bonds is 11. The largest absolute Gasteiger partial charge is 0.480 e. The zero-order chi connectivity index (χ0) is 17.0. The van der Waals surface area contributed by atoms with E-state index in [0.29, 0.717) is 5.92 Å². The summed E-state index contributed by atoms with van der Waals surface area (Å²) < 4.78 is 27.2. The van der Waals surface area contributed by atoms with Gasteiger partial charge in [-0.2, -0.15) is 0 Å². The number of hydrogen-bond acceptors (Lipinski definition) is 4. The van der Waals surface area contributed by atoms with E-state index in [2.05, 4.69) is 4.72 Å². The average molecular weight is 346 g/mol. The molecule has 0 aromatic heterocycles. The van der Waals surface area contributed by atoms with Crippen molar-refractivity contribution in [2.45, 2.75) is 64.5 Å². The minimum atomic E-state index is -3.23. The highest BCUT2D eigenvalue weighted by Crippen LogP contribution is 2.34. The molecule has 0 unspecified atom stereocenters. The summed E-state index contributed by atoms with van der Waals surface area (Å²) in [5, 5.41) is 9.04. The number of nitrogens with zero attached hydrogens (tertiary/aromatic N) is 1. The van der Waals surface area contributed by atoms with Crippen molar-refractivity contribution in [2.24, 2.45) is 11.8 Å². The second-order valence-corrected chi connectivity index (χ2v) is 8.97. The molecule has 0 bridgehead atoms. The maximum Gasteiger partial charge on any atom is 0.317 e. The van der Waals surface area contributed by atoms with Gasteiger partial charge in [0, 0.05) is 18.6 Å². The number of aliphatic carboxylic acids is 1. The number of hydrogen-bond donors (Lipinski definition) is 2. The van der Waals surface area contributed by atoms with Crippen LogP contribution in [0, 0.1) is 11.8 Å². The molecule has 0 aromatic rings. The topological polar surface area (TPSA) is 86.7 Å². The summed E-state index contributed by atoms with van der Waals surface area (Å²) in [5.41, 5.74) is 0. The van der Waals surface area contributed by atoms with Gasteiger partial charge in [0.05, 0.1) is 12.3 Å². The molecule has 0 aromatic carbocycles. The van der Waals surface area contributed by atoms with E-state index >= 15 is 0 Å². The minimum absolute atomic E-state index is 0.0325. The molecule has 0 spiro atoms. The third kappa shape index (κ3) is 6.04. The Morgan fingerprint density at radius 2 is 1.87 bits per heavy atom. The molecule has 2 saturated carbocycles. The van der Waals surface area contributed by atoms with Crippen LogP contribution in [0.1, 0.15) is 52.4 Å². The summed E-state index contributed by atoms with van der Waals surface area (Å²) >= 11 is 0. The molecule has 2 aliphatic carbocycles. The van der Waals surface area contributed by atoms with Crippen molar-refractivity contribution >= 4 is 16.0 Å².